The van der Waals surface area contributed by atoms with Crippen molar-refractivity contribution in [3.63, 3.8) is 0 Å². The van der Waals surface area contributed by atoms with Crippen LogP contribution in [0, 0.1) is 0 Å². The zero-order valence-electron chi connectivity index (χ0n) is 6.42. The van der Waals surface area contributed by atoms with Gasteiger partial charge in [0.2, 0.25) is 0 Å². The van der Waals surface area contributed by atoms with Crippen LogP contribution in [-0.4, -0.2) is 26.8 Å². The molecule has 0 saturated carbocycles. The van der Waals surface area contributed by atoms with Crippen molar-refractivity contribution >= 4 is 19.8 Å². The molecule has 60 valence electrons. The zero-order chi connectivity index (χ0) is 8.36. The molecule has 0 aromatic carbocycles. The van der Waals surface area contributed by atoms with Gasteiger partial charge < -0.3 is 11.1 Å². The van der Waals surface area contributed by atoms with Gasteiger partial charge in [0.1, 0.15) is 0 Å². The molecule has 0 aliphatic heterocycles. The summed E-state index contributed by atoms with van der Waals surface area (Å²) in [7, 11) is -5.01. The number of carboxylic acid groups (broad SMARTS) is 1. The molecule has 0 aliphatic rings. The summed E-state index contributed by atoms with van der Waals surface area (Å²) in [6, 6.07) is 0. The van der Waals surface area contributed by atoms with Crippen LogP contribution in [0.2, 0.25) is 0 Å². The zero-order valence-corrected chi connectivity index (χ0v) is 6.32. The summed E-state index contributed by atoms with van der Waals surface area (Å²) in [6.45, 7) is 0. The maximum absolute atomic E-state index is 9.84. The van der Waals surface area contributed by atoms with Gasteiger partial charge >= 0.3 is 38.6 Å². The molecule has 0 heterocycles. The van der Waals surface area contributed by atoms with Crippen LogP contribution in [0.5, 0.6) is 0 Å². The van der Waals surface area contributed by atoms with Crippen LogP contribution in [0.1, 0.15) is 1.43 Å². The summed E-state index contributed by atoms with van der Waals surface area (Å²) < 4.78 is 12.9. The number of hydrogen-bond donors (Lipinski definition) is 3. The average Bonchev–Trinajstić information content (AvgIpc) is 1.60. The fourth-order valence-electron chi connectivity index (χ4n) is 0.147. The van der Waals surface area contributed by atoms with Crippen LogP contribution < -0.4 is 18.9 Å². The van der Waals surface area contributed by atoms with E-state index in [0.29, 0.717) is 0 Å². The van der Waals surface area contributed by atoms with Gasteiger partial charge in [-0.05, 0) is 0 Å². The van der Waals surface area contributed by atoms with Crippen LogP contribution in [0.3, 0.4) is 0 Å². The number of aliphatic carboxylic acids is 1. The Kier molecular flexibility index (Phi) is 5.49. The monoisotopic (exact) mass is 178 g/mol. The van der Waals surface area contributed by atoms with E-state index in [4.69, 9.17) is 14.9 Å². The molecule has 0 unspecified atom stereocenters. The third-order valence-corrected chi connectivity index (χ3v) is 0.780. The number of hydrogen-bond acceptors (Lipinski definition) is 4. The van der Waals surface area contributed by atoms with Crippen molar-refractivity contribution in [2.45, 2.75) is 0 Å². The van der Waals surface area contributed by atoms with Crippen molar-refractivity contribution in [3.8, 4) is 0 Å². The molecule has 0 aromatic heterocycles. The van der Waals surface area contributed by atoms with Gasteiger partial charge in [-0.15, -0.1) is 0 Å². The maximum atomic E-state index is 9.84. The molecular formula is C2H4LiO7P. The van der Waals surface area contributed by atoms with Gasteiger partial charge in [-0.2, -0.15) is 0 Å². The maximum Gasteiger partial charge on any atom is 1.00 e. The third kappa shape index (κ3) is 7.59. The Morgan fingerprint density at radius 3 is 1.82 bits per heavy atom. The Morgan fingerprint density at radius 2 is 1.73 bits per heavy atom. The average molecular weight is 178 g/mol. The van der Waals surface area contributed by atoms with Gasteiger partial charge in [0, 0.05) is 0 Å². The first-order chi connectivity index (χ1) is 4.33. The van der Waals surface area contributed by atoms with E-state index in [1.165, 1.54) is 0 Å². The predicted molar refractivity (Wildman–Crippen MR) is 26.9 cm³/mol. The van der Waals surface area contributed by atoms with Gasteiger partial charge in [-0.3, -0.25) is 9.79 Å². The summed E-state index contributed by atoms with van der Waals surface area (Å²) >= 11 is 0. The van der Waals surface area contributed by atoms with Crippen LogP contribution >= 0.6 is 7.82 Å². The molecule has 0 fully saturated rings. The summed E-state index contributed by atoms with van der Waals surface area (Å²) in [5.41, 5.74) is 0. The van der Waals surface area contributed by atoms with E-state index in [1.807, 2.05) is 0 Å². The summed E-state index contributed by atoms with van der Waals surface area (Å²) in [6.07, 6.45) is 0. The van der Waals surface area contributed by atoms with Gasteiger partial charge in [0.15, 0.2) is 0 Å². The van der Waals surface area contributed by atoms with Crippen molar-refractivity contribution in [2.75, 3.05) is 0 Å². The van der Waals surface area contributed by atoms with Crippen LogP contribution in [-0.2, 0) is 18.7 Å². The van der Waals surface area contributed by atoms with E-state index in [2.05, 4.69) is 4.52 Å². The minimum atomic E-state index is -5.01. The predicted octanol–water partition coefficient (Wildman–Crippen LogP) is -4.18. The fourth-order valence-corrected chi connectivity index (χ4v) is 0.441. The quantitative estimate of drug-likeness (QED) is 0.211. The molecule has 0 atom stereocenters. The molecule has 0 amide bonds. The van der Waals surface area contributed by atoms with E-state index in [9.17, 15) is 14.2 Å². The van der Waals surface area contributed by atoms with Crippen molar-refractivity contribution in [1.29, 1.82) is 0 Å². The Labute approximate surface area is 74.3 Å². The molecule has 0 radical (unpaired) electrons. The Hall–Kier alpha value is -0.313. The fraction of sp³-hybridized carbons (Fsp3) is 0. The smallest absolute Gasteiger partial charge is 1.00 e. The van der Waals surface area contributed by atoms with Crippen LogP contribution in [0.25, 0.3) is 0 Å². The van der Waals surface area contributed by atoms with Crippen LogP contribution in [0.4, 0.5) is 0 Å². The Bertz CT molecular complexity index is 209. The van der Waals surface area contributed by atoms with E-state index < -0.39 is 19.8 Å². The standard InChI is InChI=1S/C2H3O7P.Li.H/c3-1(4)2(5)9-10(6,7)8;;/h(H,3,4)(H2,6,7,8);;/q;+1;-1. The molecule has 0 saturated heterocycles. The molecule has 0 bridgehead atoms. The summed E-state index contributed by atoms with van der Waals surface area (Å²) in [5.74, 6) is -4.03. The first kappa shape index (κ1) is 13.3. The molecule has 7 nitrogen and oxygen atoms in total. The molecule has 11 heavy (non-hydrogen) atoms. The molecule has 0 spiro atoms. The van der Waals surface area contributed by atoms with E-state index >= 15 is 0 Å². The normalized spacial score (nSPS) is 9.64. The van der Waals surface area contributed by atoms with Gasteiger partial charge in [0.25, 0.3) is 0 Å². The Balaban J connectivity index is -0.000000405. The van der Waals surface area contributed by atoms with E-state index in [-0.39, 0.29) is 20.3 Å². The van der Waals surface area contributed by atoms with Crippen molar-refractivity contribution in [2.24, 2.45) is 0 Å². The second-order valence-electron chi connectivity index (χ2n) is 1.17. The van der Waals surface area contributed by atoms with Gasteiger partial charge in [-0.1, -0.05) is 0 Å². The van der Waals surface area contributed by atoms with Gasteiger partial charge in [-0.25, -0.2) is 14.2 Å². The molecular weight excluding hydrogens is 174 g/mol. The molecule has 0 rings (SSSR count). The number of rotatable bonds is 1. The molecule has 0 aliphatic carbocycles. The first-order valence-corrected chi connectivity index (χ1v) is 3.38. The topological polar surface area (TPSA) is 121 Å². The number of carbonyl (C=O) groups is 2. The minimum absolute atomic E-state index is 0. The third-order valence-electron chi connectivity index (χ3n) is 0.376. The minimum Gasteiger partial charge on any atom is -1.00 e. The number of carboxylic acids is 1. The second kappa shape index (κ2) is 4.54. The van der Waals surface area contributed by atoms with Crippen molar-refractivity contribution < 1.29 is 53.9 Å². The summed E-state index contributed by atoms with van der Waals surface area (Å²) in [5, 5.41) is 7.73. The molecule has 3 N–H and O–H groups in total. The number of phosphoric ester groups is 1. The summed E-state index contributed by atoms with van der Waals surface area (Å²) in [4.78, 5) is 35.1. The first-order valence-electron chi connectivity index (χ1n) is 1.85. The number of carbonyl (C=O) groups excluding carboxylic acids is 1. The van der Waals surface area contributed by atoms with E-state index in [1.54, 1.807) is 0 Å². The SMILES string of the molecule is O=C(O)C(=O)OP(=O)(O)O.[H-].[Li+]. The van der Waals surface area contributed by atoms with Crippen molar-refractivity contribution in [3.05, 3.63) is 0 Å². The number of phosphoric acid groups is 1. The second-order valence-corrected chi connectivity index (χ2v) is 2.34. The Morgan fingerprint density at radius 1 is 1.36 bits per heavy atom. The van der Waals surface area contributed by atoms with Crippen LogP contribution in [0.15, 0.2) is 0 Å². The van der Waals surface area contributed by atoms with E-state index in [0.717, 1.165) is 0 Å². The van der Waals surface area contributed by atoms with Crippen molar-refractivity contribution in [1.82, 2.24) is 0 Å². The molecule has 0 aromatic rings. The largest absolute Gasteiger partial charge is 1.00 e. The van der Waals surface area contributed by atoms with Gasteiger partial charge in [0.05, 0.1) is 0 Å². The molecule has 9 heteroatoms.